The van der Waals surface area contributed by atoms with Crippen molar-refractivity contribution in [2.24, 2.45) is 0 Å². The van der Waals surface area contributed by atoms with Crippen LogP contribution >= 0.6 is 23.5 Å². The molecule has 0 unspecified atom stereocenters. The Morgan fingerprint density at radius 3 is 2.75 bits per heavy atom. The topological polar surface area (TPSA) is 66.0 Å². The van der Waals surface area contributed by atoms with Crippen molar-refractivity contribution in [2.45, 2.75) is 11.1 Å². The van der Waals surface area contributed by atoms with Crippen LogP contribution in [-0.4, -0.2) is 37.9 Å². The van der Waals surface area contributed by atoms with Crippen molar-refractivity contribution in [1.82, 2.24) is 5.32 Å². The minimum Gasteiger partial charge on any atom is -0.493 e. The first-order valence-electron chi connectivity index (χ1n) is 8.92. The van der Waals surface area contributed by atoms with E-state index in [4.69, 9.17) is 18.9 Å². The van der Waals surface area contributed by atoms with Gasteiger partial charge < -0.3 is 24.3 Å². The number of benzene rings is 2. The number of fused-ring (bicyclic) bond motifs is 1. The number of rotatable bonds is 7. The molecule has 2 aliphatic heterocycles. The van der Waals surface area contributed by atoms with Gasteiger partial charge in [0.1, 0.15) is 0 Å². The van der Waals surface area contributed by atoms with Gasteiger partial charge in [0.25, 0.3) is 5.91 Å². The van der Waals surface area contributed by atoms with Crippen LogP contribution in [0.5, 0.6) is 23.0 Å². The largest absolute Gasteiger partial charge is 0.493 e. The fraction of sp³-hybridized carbons (Fsp3) is 0.350. The average molecular weight is 420 g/mol. The molecule has 28 heavy (non-hydrogen) atoms. The summed E-state index contributed by atoms with van der Waals surface area (Å²) < 4.78 is 22.2. The van der Waals surface area contributed by atoms with Gasteiger partial charge in [-0.1, -0.05) is 12.1 Å². The summed E-state index contributed by atoms with van der Waals surface area (Å²) in [5.41, 5.74) is 2.15. The SMILES string of the molecule is COc1cc(C2SCCS2)ccc1OCC(=O)NCc1ccc2c(c1)OCO2. The summed E-state index contributed by atoms with van der Waals surface area (Å²) in [5.74, 6) is 4.77. The second kappa shape index (κ2) is 8.87. The van der Waals surface area contributed by atoms with Crippen molar-refractivity contribution >= 4 is 29.4 Å². The van der Waals surface area contributed by atoms with E-state index in [1.807, 2.05) is 59.9 Å². The standard InChI is InChI=1S/C20H21NO5S2/c1-23-17-9-14(20-27-6-7-28-20)3-5-15(17)24-11-19(22)21-10-13-2-4-16-18(8-13)26-12-25-16/h2-5,8-9,20H,6-7,10-12H2,1H3,(H,21,22). The number of nitrogens with one attached hydrogen (secondary N) is 1. The van der Waals surface area contributed by atoms with Crippen LogP contribution in [0.4, 0.5) is 0 Å². The van der Waals surface area contributed by atoms with E-state index in [1.54, 1.807) is 7.11 Å². The molecule has 148 valence electrons. The zero-order valence-electron chi connectivity index (χ0n) is 15.4. The summed E-state index contributed by atoms with van der Waals surface area (Å²) in [6.07, 6.45) is 0. The van der Waals surface area contributed by atoms with Crippen molar-refractivity contribution < 1.29 is 23.7 Å². The highest BCUT2D eigenvalue weighted by Crippen LogP contribution is 2.46. The van der Waals surface area contributed by atoms with Gasteiger partial charge in [0.15, 0.2) is 29.6 Å². The molecule has 0 aliphatic carbocycles. The van der Waals surface area contributed by atoms with E-state index in [-0.39, 0.29) is 19.3 Å². The highest BCUT2D eigenvalue weighted by Gasteiger charge is 2.20. The smallest absolute Gasteiger partial charge is 0.258 e. The minimum absolute atomic E-state index is 0.0762. The Hall–Kier alpha value is -2.19. The van der Waals surface area contributed by atoms with Gasteiger partial charge in [0, 0.05) is 18.1 Å². The molecule has 4 rings (SSSR count). The van der Waals surface area contributed by atoms with E-state index in [1.165, 1.54) is 17.1 Å². The fourth-order valence-corrected chi connectivity index (χ4v) is 5.79. The molecule has 1 amide bonds. The first-order valence-corrected chi connectivity index (χ1v) is 11.0. The maximum atomic E-state index is 12.2. The molecular formula is C20H21NO5S2. The van der Waals surface area contributed by atoms with Crippen LogP contribution in [-0.2, 0) is 11.3 Å². The Morgan fingerprint density at radius 1 is 1.11 bits per heavy atom. The molecule has 2 heterocycles. The summed E-state index contributed by atoms with van der Waals surface area (Å²) in [4.78, 5) is 12.2. The number of hydrogen-bond donors (Lipinski definition) is 1. The van der Waals surface area contributed by atoms with E-state index in [2.05, 4.69) is 5.32 Å². The van der Waals surface area contributed by atoms with Gasteiger partial charge >= 0.3 is 0 Å². The van der Waals surface area contributed by atoms with E-state index in [0.29, 0.717) is 28.4 Å². The first-order chi connectivity index (χ1) is 13.7. The Kier molecular flexibility index (Phi) is 6.07. The summed E-state index contributed by atoms with van der Waals surface area (Å²) in [6, 6.07) is 11.5. The van der Waals surface area contributed by atoms with Crippen LogP contribution in [0.15, 0.2) is 36.4 Å². The highest BCUT2D eigenvalue weighted by atomic mass is 32.2. The van der Waals surface area contributed by atoms with E-state index >= 15 is 0 Å². The van der Waals surface area contributed by atoms with Gasteiger partial charge in [-0.25, -0.2) is 0 Å². The summed E-state index contributed by atoms with van der Waals surface area (Å²) in [6.45, 7) is 0.552. The molecule has 6 nitrogen and oxygen atoms in total. The van der Waals surface area contributed by atoms with Crippen molar-refractivity contribution in [3.05, 3.63) is 47.5 Å². The lowest BCUT2D eigenvalue weighted by molar-refractivity contribution is -0.123. The maximum absolute atomic E-state index is 12.2. The third-order valence-electron chi connectivity index (χ3n) is 4.37. The molecule has 1 fully saturated rings. The van der Waals surface area contributed by atoms with Gasteiger partial charge in [-0.2, -0.15) is 0 Å². The molecule has 1 saturated heterocycles. The lowest BCUT2D eigenvalue weighted by Gasteiger charge is -2.14. The van der Waals surface area contributed by atoms with Crippen LogP contribution in [0.3, 0.4) is 0 Å². The maximum Gasteiger partial charge on any atom is 0.258 e. The Bertz CT molecular complexity index is 854. The molecule has 1 N–H and O–H groups in total. The van der Waals surface area contributed by atoms with E-state index < -0.39 is 0 Å². The molecular weight excluding hydrogens is 398 g/mol. The number of methoxy groups -OCH3 is 1. The predicted octanol–water partition coefficient (Wildman–Crippen LogP) is 3.60. The zero-order valence-corrected chi connectivity index (χ0v) is 17.1. The molecule has 0 spiro atoms. The van der Waals surface area contributed by atoms with Crippen molar-refractivity contribution in [2.75, 3.05) is 32.0 Å². The number of carbonyl (C=O) groups excluding carboxylic acids is 1. The monoisotopic (exact) mass is 419 g/mol. The molecule has 0 atom stereocenters. The quantitative estimate of drug-likeness (QED) is 0.736. The van der Waals surface area contributed by atoms with Crippen molar-refractivity contribution in [3.63, 3.8) is 0 Å². The lowest BCUT2D eigenvalue weighted by Crippen LogP contribution is -2.28. The van der Waals surface area contributed by atoms with Crippen LogP contribution < -0.4 is 24.3 Å². The molecule has 0 aromatic heterocycles. The van der Waals surface area contributed by atoms with Crippen LogP contribution in [0.1, 0.15) is 15.7 Å². The zero-order chi connectivity index (χ0) is 19.3. The molecule has 0 saturated carbocycles. The van der Waals surface area contributed by atoms with Gasteiger partial charge in [0.2, 0.25) is 6.79 Å². The Morgan fingerprint density at radius 2 is 1.93 bits per heavy atom. The highest BCUT2D eigenvalue weighted by molar-refractivity contribution is 8.19. The van der Waals surface area contributed by atoms with Gasteiger partial charge in [-0.15, -0.1) is 23.5 Å². The van der Waals surface area contributed by atoms with Crippen LogP contribution in [0, 0.1) is 0 Å². The number of carbonyl (C=O) groups is 1. The van der Waals surface area contributed by atoms with E-state index in [9.17, 15) is 4.79 Å². The molecule has 2 aromatic rings. The predicted molar refractivity (Wildman–Crippen MR) is 111 cm³/mol. The van der Waals surface area contributed by atoms with E-state index in [0.717, 1.165) is 11.3 Å². The molecule has 0 bridgehead atoms. The van der Waals surface area contributed by atoms with Gasteiger partial charge in [-0.3, -0.25) is 4.79 Å². The second-order valence-corrected chi connectivity index (χ2v) is 8.96. The van der Waals surface area contributed by atoms with Gasteiger partial charge in [-0.05, 0) is 35.4 Å². The Labute approximate surface area is 172 Å². The lowest BCUT2D eigenvalue weighted by atomic mass is 10.2. The number of thioether (sulfide) groups is 2. The summed E-state index contributed by atoms with van der Waals surface area (Å²) >= 11 is 3.87. The molecule has 2 aliphatic rings. The number of hydrogen-bond acceptors (Lipinski definition) is 7. The molecule has 2 aromatic carbocycles. The number of amides is 1. The number of ether oxygens (including phenoxy) is 4. The van der Waals surface area contributed by atoms with Crippen LogP contribution in [0.2, 0.25) is 0 Å². The normalized spacial score (nSPS) is 15.5. The second-order valence-electron chi connectivity index (χ2n) is 6.24. The van der Waals surface area contributed by atoms with Crippen molar-refractivity contribution in [3.8, 4) is 23.0 Å². The summed E-state index contributed by atoms with van der Waals surface area (Å²) in [7, 11) is 1.61. The minimum atomic E-state index is -0.203. The summed E-state index contributed by atoms with van der Waals surface area (Å²) in [5, 5.41) is 2.85. The van der Waals surface area contributed by atoms with Gasteiger partial charge in [0.05, 0.1) is 11.7 Å². The fourth-order valence-electron chi connectivity index (χ4n) is 2.95. The van der Waals surface area contributed by atoms with Crippen molar-refractivity contribution in [1.29, 1.82) is 0 Å². The average Bonchev–Trinajstić information content (AvgIpc) is 3.42. The van der Waals surface area contributed by atoms with Crippen LogP contribution in [0.25, 0.3) is 0 Å². The molecule has 0 radical (unpaired) electrons. The Balaban J connectivity index is 1.30. The third-order valence-corrected chi connectivity index (χ3v) is 7.47. The third kappa shape index (κ3) is 4.44. The first kappa shape index (κ1) is 19.1. The molecule has 8 heteroatoms.